The van der Waals surface area contributed by atoms with Crippen molar-refractivity contribution in [2.24, 2.45) is 5.92 Å². The first-order valence-electron chi connectivity index (χ1n) is 7.32. The van der Waals surface area contributed by atoms with Crippen molar-refractivity contribution < 1.29 is 9.59 Å². The van der Waals surface area contributed by atoms with Crippen molar-refractivity contribution in [1.82, 2.24) is 15.2 Å². The molecule has 0 unspecified atom stereocenters. The highest BCUT2D eigenvalue weighted by molar-refractivity contribution is 5.93. The van der Waals surface area contributed by atoms with Gasteiger partial charge in [0.2, 0.25) is 5.91 Å². The van der Waals surface area contributed by atoms with Crippen LogP contribution >= 0.6 is 0 Å². The maximum Gasteiger partial charge on any atom is 0.317 e. The molecule has 3 amide bonds. The number of rotatable bonds is 3. The van der Waals surface area contributed by atoms with E-state index < -0.39 is 0 Å². The number of carbonyl (C=O) groups is 2. The summed E-state index contributed by atoms with van der Waals surface area (Å²) >= 11 is 0. The number of urea groups is 1. The zero-order valence-electron chi connectivity index (χ0n) is 12.5. The number of carbonyl (C=O) groups excluding carboxylic acids is 2. The summed E-state index contributed by atoms with van der Waals surface area (Å²) in [4.78, 5) is 29.9. The Morgan fingerprint density at radius 3 is 2.71 bits per heavy atom. The van der Waals surface area contributed by atoms with Gasteiger partial charge in [0.15, 0.2) is 0 Å². The molecule has 1 aliphatic heterocycles. The summed E-state index contributed by atoms with van der Waals surface area (Å²) in [6.45, 7) is 5.03. The third kappa shape index (κ3) is 4.44. The highest BCUT2D eigenvalue weighted by Gasteiger charge is 2.28. The second-order valence-electron chi connectivity index (χ2n) is 5.61. The molecule has 1 atom stereocenters. The molecule has 2 rings (SSSR count). The first kappa shape index (κ1) is 15.3. The predicted molar refractivity (Wildman–Crippen MR) is 80.8 cm³/mol. The van der Waals surface area contributed by atoms with Crippen molar-refractivity contribution in [3.63, 3.8) is 0 Å². The van der Waals surface area contributed by atoms with Crippen LogP contribution in [0.3, 0.4) is 0 Å². The van der Waals surface area contributed by atoms with Gasteiger partial charge in [-0.05, 0) is 38.8 Å². The number of likely N-dealkylation sites (tertiary alicyclic amines) is 1. The molecule has 0 saturated carbocycles. The second-order valence-corrected chi connectivity index (χ2v) is 5.61. The Labute approximate surface area is 124 Å². The Bertz CT molecular complexity index is 490. The fourth-order valence-corrected chi connectivity index (χ4v) is 2.39. The van der Waals surface area contributed by atoms with E-state index in [9.17, 15) is 9.59 Å². The van der Waals surface area contributed by atoms with E-state index in [0.717, 1.165) is 18.5 Å². The Kier molecular flexibility index (Phi) is 5.14. The highest BCUT2D eigenvalue weighted by atomic mass is 16.2. The van der Waals surface area contributed by atoms with Crippen LogP contribution in [-0.4, -0.2) is 41.0 Å². The smallest absolute Gasteiger partial charge is 0.317 e. The molecule has 1 saturated heterocycles. The van der Waals surface area contributed by atoms with Gasteiger partial charge in [-0.1, -0.05) is 0 Å². The van der Waals surface area contributed by atoms with Gasteiger partial charge in [-0.2, -0.15) is 0 Å². The van der Waals surface area contributed by atoms with Crippen molar-refractivity contribution in [3.05, 3.63) is 24.5 Å². The van der Waals surface area contributed by atoms with Crippen LogP contribution in [-0.2, 0) is 4.79 Å². The average Bonchev–Trinajstić information content (AvgIpc) is 2.47. The number of anilines is 1. The standard InChI is InChI=1S/C15H22N4O2/c1-11(2)17-15(21)19-9-3-4-12(10-19)14(20)18-13-5-7-16-8-6-13/h5-8,11-12H,3-4,9-10H2,1-2H3,(H,17,21)(H,16,18,20)/t12-/m1/s1. The van der Waals surface area contributed by atoms with E-state index in [0.29, 0.717) is 13.1 Å². The minimum atomic E-state index is -0.162. The van der Waals surface area contributed by atoms with Gasteiger partial charge in [0.25, 0.3) is 0 Å². The molecule has 0 radical (unpaired) electrons. The molecule has 1 aromatic rings. The quantitative estimate of drug-likeness (QED) is 0.892. The molecule has 0 aromatic carbocycles. The fourth-order valence-electron chi connectivity index (χ4n) is 2.39. The summed E-state index contributed by atoms with van der Waals surface area (Å²) in [5.74, 6) is -0.201. The third-order valence-corrected chi connectivity index (χ3v) is 3.44. The van der Waals surface area contributed by atoms with Crippen molar-refractivity contribution in [2.45, 2.75) is 32.7 Å². The zero-order valence-corrected chi connectivity index (χ0v) is 12.5. The molecule has 21 heavy (non-hydrogen) atoms. The predicted octanol–water partition coefficient (Wildman–Crippen LogP) is 1.85. The van der Waals surface area contributed by atoms with Gasteiger partial charge < -0.3 is 15.5 Å². The van der Waals surface area contributed by atoms with Gasteiger partial charge in [0, 0.05) is 37.2 Å². The summed E-state index contributed by atoms with van der Waals surface area (Å²) in [5.41, 5.74) is 0.735. The summed E-state index contributed by atoms with van der Waals surface area (Å²) in [6.07, 6.45) is 4.93. The zero-order chi connectivity index (χ0) is 15.2. The largest absolute Gasteiger partial charge is 0.336 e. The number of amides is 3. The maximum atomic E-state index is 12.3. The van der Waals surface area contributed by atoms with E-state index in [1.54, 1.807) is 29.4 Å². The van der Waals surface area contributed by atoms with Crippen LogP contribution in [0.1, 0.15) is 26.7 Å². The summed E-state index contributed by atoms with van der Waals surface area (Å²) in [6, 6.07) is 3.52. The van der Waals surface area contributed by atoms with Crippen molar-refractivity contribution in [2.75, 3.05) is 18.4 Å². The van der Waals surface area contributed by atoms with E-state index in [4.69, 9.17) is 0 Å². The van der Waals surface area contributed by atoms with Crippen molar-refractivity contribution >= 4 is 17.6 Å². The van der Waals surface area contributed by atoms with Crippen LogP contribution in [0, 0.1) is 5.92 Å². The maximum absolute atomic E-state index is 12.3. The molecule has 6 nitrogen and oxygen atoms in total. The molecule has 6 heteroatoms. The molecular formula is C15H22N4O2. The fraction of sp³-hybridized carbons (Fsp3) is 0.533. The van der Waals surface area contributed by atoms with Crippen LogP contribution in [0.5, 0.6) is 0 Å². The number of pyridine rings is 1. The summed E-state index contributed by atoms with van der Waals surface area (Å²) in [7, 11) is 0. The molecule has 1 aliphatic rings. The molecule has 0 aliphatic carbocycles. The van der Waals surface area contributed by atoms with E-state index in [2.05, 4.69) is 15.6 Å². The first-order valence-corrected chi connectivity index (χ1v) is 7.32. The van der Waals surface area contributed by atoms with Crippen molar-refractivity contribution in [1.29, 1.82) is 0 Å². The minimum Gasteiger partial charge on any atom is -0.336 e. The van der Waals surface area contributed by atoms with Crippen LogP contribution < -0.4 is 10.6 Å². The lowest BCUT2D eigenvalue weighted by Gasteiger charge is -2.32. The van der Waals surface area contributed by atoms with Gasteiger partial charge in [-0.25, -0.2) is 4.79 Å². The summed E-state index contributed by atoms with van der Waals surface area (Å²) < 4.78 is 0. The number of piperidine rings is 1. The van der Waals surface area contributed by atoms with E-state index >= 15 is 0 Å². The Hall–Kier alpha value is -2.11. The molecule has 0 bridgehead atoms. The molecule has 1 fully saturated rings. The van der Waals surface area contributed by atoms with Crippen LogP contribution in [0.2, 0.25) is 0 Å². The SMILES string of the molecule is CC(C)NC(=O)N1CCC[C@@H](C(=O)Nc2ccncc2)C1. The van der Waals surface area contributed by atoms with Gasteiger partial charge in [-0.15, -0.1) is 0 Å². The number of nitrogens with zero attached hydrogens (tertiary/aromatic N) is 2. The van der Waals surface area contributed by atoms with Gasteiger partial charge >= 0.3 is 6.03 Å². The Morgan fingerprint density at radius 1 is 1.33 bits per heavy atom. The molecule has 0 spiro atoms. The third-order valence-electron chi connectivity index (χ3n) is 3.44. The number of nitrogens with one attached hydrogen (secondary N) is 2. The van der Waals surface area contributed by atoms with E-state index in [1.807, 2.05) is 13.8 Å². The Morgan fingerprint density at radius 2 is 2.05 bits per heavy atom. The monoisotopic (exact) mass is 290 g/mol. The normalized spacial score (nSPS) is 18.4. The molecular weight excluding hydrogens is 268 g/mol. The minimum absolute atomic E-state index is 0.0387. The number of aromatic nitrogens is 1. The second kappa shape index (κ2) is 7.06. The van der Waals surface area contributed by atoms with Crippen LogP contribution in [0.4, 0.5) is 10.5 Å². The van der Waals surface area contributed by atoms with Gasteiger partial charge in [-0.3, -0.25) is 9.78 Å². The molecule has 1 aromatic heterocycles. The van der Waals surface area contributed by atoms with Crippen molar-refractivity contribution in [3.8, 4) is 0 Å². The van der Waals surface area contributed by atoms with Crippen LogP contribution in [0.15, 0.2) is 24.5 Å². The first-order chi connectivity index (χ1) is 10.1. The lowest BCUT2D eigenvalue weighted by molar-refractivity contribution is -0.121. The van der Waals surface area contributed by atoms with Gasteiger partial charge in [0.05, 0.1) is 5.92 Å². The highest BCUT2D eigenvalue weighted by Crippen LogP contribution is 2.18. The molecule has 2 N–H and O–H groups in total. The number of hydrogen-bond donors (Lipinski definition) is 2. The average molecular weight is 290 g/mol. The lowest BCUT2D eigenvalue weighted by Crippen LogP contribution is -2.49. The topological polar surface area (TPSA) is 74.3 Å². The Balaban J connectivity index is 1.91. The van der Waals surface area contributed by atoms with E-state index in [-0.39, 0.29) is 23.9 Å². The van der Waals surface area contributed by atoms with E-state index in [1.165, 1.54) is 0 Å². The van der Waals surface area contributed by atoms with Gasteiger partial charge in [0.1, 0.15) is 0 Å². The molecule has 2 heterocycles. The number of hydrogen-bond acceptors (Lipinski definition) is 3. The molecule has 114 valence electrons. The summed E-state index contributed by atoms with van der Waals surface area (Å²) in [5, 5.41) is 5.74. The van der Waals surface area contributed by atoms with Crippen LogP contribution in [0.25, 0.3) is 0 Å². The lowest BCUT2D eigenvalue weighted by atomic mass is 9.97.